The fraction of sp³-hybridized carbons (Fsp3) is 0.455. The van der Waals surface area contributed by atoms with Crippen LogP contribution in [0.4, 0.5) is 0 Å². The molecule has 10 nitrogen and oxygen atoms in total. The quantitative estimate of drug-likeness (QED) is 0.541. The first kappa shape index (κ1) is 22.9. The second-order valence-corrected chi connectivity index (χ2v) is 8.31. The number of halogens is 1. The SMILES string of the molecule is CCn1c(=O)c(-c2noc(CCC(=O)N3CCCCCC3)n2)nn(-c2ccc(Cl)cc2)c1=O. The van der Waals surface area contributed by atoms with Crippen LogP contribution < -0.4 is 11.2 Å². The Labute approximate surface area is 194 Å². The van der Waals surface area contributed by atoms with Gasteiger partial charge in [-0.3, -0.25) is 14.2 Å². The fourth-order valence-electron chi connectivity index (χ4n) is 3.83. The van der Waals surface area contributed by atoms with Gasteiger partial charge in [-0.05, 0) is 44.0 Å². The van der Waals surface area contributed by atoms with Crippen molar-refractivity contribution in [1.29, 1.82) is 0 Å². The van der Waals surface area contributed by atoms with Crippen molar-refractivity contribution in [3.8, 4) is 17.2 Å². The Bertz CT molecular complexity index is 1240. The normalized spacial score (nSPS) is 14.3. The number of carbonyl (C=O) groups excluding carboxylic acids is 1. The van der Waals surface area contributed by atoms with Gasteiger partial charge in [0.05, 0.1) is 5.69 Å². The number of benzene rings is 1. The second-order valence-electron chi connectivity index (χ2n) is 7.88. The number of carbonyl (C=O) groups is 1. The molecule has 0 radical (unpaired) electrons. The molecule has 0 aliphatic carbocycles. The van der Waals surface area contributed by atoms with Gasteiger partial charge >= 0.3 is 5.69 Å². The van der Waals surface area contributed by atoms with Crippen molar-refractivity contribution in [1.82, 2.24) is 29.4 Å². The van der Waals surface area contributed by atoms with E-state index in [0.717, 1.165) is 48.0 Å². The van der Waals surface area contributed by atoms with E-state index in [9.17, 15) is 14.4 Å². The molecule has 0 bridgehead atoms. The van der Waals surface area contributed by atoms with E-state index >= 15 is 0 Å². The number of rotatable bonds is 6. The standard InChI is InChI=1S/C22H25ClN6O4/c1-2-28-21(31)19(25-29(22(28)32)16-9-7-15(23)8-10-16)20-24-17(33-26-20)11-12-18(30)27-13-5-3-4-6-14-27/h7-10H,2-6,11-14H2,1H3. The van der Waals surface area contributed by atoms with Gasteiger partial charge in [0.2, 0.25) is 17.6 Å². The van der Waals surface area contributed by atoms with E-state index in [1.807, 2.05) is 4.90 Å². The molecule has 1 aromatic carbocycles. The van der Waals surface area contributed by atoms with E-state index in [1.165, 1.54) is 0 Å². The van der Waals surface area contributed by atoms with Crippen LogP contribution in [0.2, 0.25) is 5.02 Å². The monoisotopic (exact) mass is 472 g/mol. The molecule has 33 heavy (non-hydrogen) atoms. The van der Waals surface area contributed by atoms with Crippen LogP contribution in [0.3, 0.4) is 0 Å². The molecule has 3 heterocycles. The summed E-state index contributed by atoms with van der Waals surface area (Å²) in [6, 6.07) is 6.50. The van der Waals surface area contributed by atoms with E-state index in [0.29, 0.717) is 10.7 Å². The Morgan fingerprint density at radius 3 is 2.45 bits per heavy atom. The predicted molar refractivity (Wildman–Crippen MR) is 121 cm³/mol. The minimum Gasteiger partial charge on any atom is -0.343 e. The fourth-order valence-corrected chi connectivity index (χ4v) is 3.95. The Kier molecular flexibility index (Phi) is 7.02. The molecule has 0 spiro atoms. The largest absolute Gasteiger partial charge is 0.352 e. The maximum atomic E-state index is 12.9. The number of nitrogens with zero attached hydrogens (tertiary/aromatic N) is 6. The van der Waals surface area contributed by atoms with Crippen molar-refractivity contribution in [2.24, 2.45) is 0 Å². The lowest BCUT2D eigenvalue weighted by Gasteiger charge is -2.19. The van der Waals surface area contributed by atoms with Crippen LogP contribution >= 0.6 is 11.6 Å². The van der Waals surface area contributed by atoms with E-state index in [2.05, 4.69) is 15.2 Å². The topological polar surface area (TPSA) is 116 Å². The highest BCUT2D eigenvalue weighted by Crippen LogP contribution is 2.15. The van der Waals surface area contributed by atoms with Gasteiger partial charge in [0.1, 0.15) is 0 Å². The van der Waals surface area contributed by atoms with Crippen LogP contribution in [0.25, 0.3) is 17.2 Å². The summed E-state index contributed by atoms with van der Waals surface area (Å²) >= 11 is 5.94. The summed E-state index contributed by atoms with van der Waals surface area (Å²) in [5.41, 5.74) is -0.860. The molecular formula is C22H25ClN6O4. The maximum Gasteiger partial charge on any atom is 0.352 e. The highest BCUT2D eigenvalue weighted by Gasteiger charge is 2.21. The van der Waals surface area contributed by atoms with Crippen molar-refractivity contribution in [2.75, 3.05) is 13.1 Å². The van der Waals surface area contributed by atoms with E-state index in [4.69, 9.17) is 16.1 Å². The van der Waals surface area contributed by atoms with Crippen LogP contribution in [0.1, 0.15) is 44.9 Å². The third kappa shape index (κ3) is 5.05. The Balaban J connectivity index is 1.58. The third-order valence-electron chi connectivity index (χ3n) is 5.64. The molecule has 3 aromatic rings. The van der Waals surface area contributed by atoms with Gasteiger partial charge in [0.15, 0.2) is 5.69 Å². The summed E-state index contributed by atoms with van der Waals surface area (Å²) in [4.78, 5) is 44.3. The zero-order valence-electron chi connectivity index (χ0n) is 18.4. The minimum absolute atomic E-state index is 0.0258. The van der Waals surface area contributed by atoms with Gasteiger partial charge in [0.25, 0.3) is 5.56 Å². The van der Waals surface area contributed by atoms with E-state index in [-0.39, 0.29) is 42.7 Å². The molecule has 0 unspecified atom stereocenters. The van der Waals surface area contributed by atoms with Crippen LogP contribution in [0, 0.1) is 0 Å². The van der Waals surface area contributed by atoms with Gasteiger partial charge in [0, 0.05) is 37.5 Å². The molecule has 1 saturated heterocycles. The molecule has 174 valence electrons. The molecule has 1 fully saturated rings. The molecule has 1 aliphatic heterocycles. The summed E-state index contributed by atoms with van der Waals surface area (Å²) in [5, 5.41) is 8.60. The minimum atomic E-state index is -0.610. The Morgan fingerprint density at radius 2 is 1.79 bits per heavy atom. The molecule has 1 amide bonds. The first-order valence-electron chi connectivity index (χ1n) is 11.1. The number of aryl methyl sites for hydroxylation is 1. The summed E-state index contributed by atoms with van der Waals surface area (Å²) in [7, 11) is 0. The van der Waals surface area contributed by atoms with Gasteiger partial charge in [-0.25, -0.2) is 4.79 Å². The molecule has 0 atom stereocenters. The first-order chi connectivity index (χ1) is 16.0. The third-order valence-corrected chi connectivity index (χ3v) is 5.89. The van der Waals surface area contributed by atoms with E-state index in [1.54, 1.807) is 31.2 Å². The van der Waals surface area contributed by atoms with Gasteiger partial charge in [-0.2, -0.15) is 14.8 Å². The van der Waals surface area contributed by atoms with Crippen LogP contribution in [-0.2, 0) is 17.8 Å². The highest BCUT2D eigenvalue weighted by molar-refractivity contribution is 6.30. The molecule has 0 N–H and O–H groups in total. The summed E-state index contributed by atoms with van der Waals surface area (Å²) in [6.07, 6.45) is 4.86. The number of likely N-dealkylation sites (tertiary alicyclic amines) is 1. The zero-order chi connectivity index (χ0) is 23.4. The number of amides is 1. The maximum absolute atomic E-state index is 12.9. The van der Waals surface area contributed by atoms with Crippen molar-refractivity contribution in [2.45, 2.75) is 52.0 Å². The molecule has 2 aromatic heterocycles. The van der Waals surface area contributed by atoms with Crippen LogP contribution in [0.5, 0.6) is 0 Å². The van der Waals surface area contributed by atoms with Crippen LogP contribution in [0.15, 0.2) is 38.4 Å². The average Bonchev–Trinajstić information content (AvgIpc) is 3.11. The molecule has 1 aliphatic rings. The lowest BCUT2D eigenvalue weighted by molar-refractivity contribution is -0.131. The molecular weight excluding hydrogens is 448 g/mol. The zero-order valence-corrected chi connectivity index (χ0v) is 19.1. The number of hydrogen-bond donors (Lipinski definition) is 0. The molecule has 11 heteroatoms. The van der Waals surface area contributed by atoms with Crippen molar-refractivity contribution < 1.29 is 9.32 Å². The van der Waals surface area contributed by atoms with Crippen molar-refractivity contribution in [3.05, 3.63) is 56.0 Å². The summed E-state index contributed by atoms with van der Waals surface area (Å²) < 4.78 is 7.43. The molecule has 4 rings (SSSR count). The first-order valence-corrected chi connectivity index (χ1v) is 11.5. The van der Waals surface area contributed by atoms with Crippen molar-refractivity contribution in [3.63, 3.8) is 0 Å². The smallest absolute Gasteiger partial charge is 0.343 e. The lowest BCUT2D eigenvalue weighted by atomic mass is 10.2. The lowest BCUT2D eigenvalue weighted by Crippen LogP contribution is -2.41. The molecule has 0 saturated carbocycles. The van der Waals surface area contributed by atoms with E-state index < -0.39 is 11.2 Å². The second kappa shape index (κ2) is 10.1. The summed E-state index contributed by atoms with van der Waals surface area (Å²) in [5.74, 6) is 0.267. The number of hydrogen-bond acceptors (Lipinski definition) is 7. The summed E-state index contributed by atoms with van der Waals surface area (Å²) in [6.45, 7) is 3.39. The number of aromatic nitrogens is 5. The highest BCUT2D eigenvalue weighted by atomic mass is 35.5. The Hall–Kier alpha value is -3.27. The Morgan fingerprint density at radius 1 is 1.09 bits per heavy atom. The predicted octanol–water partition coefficient (Wildman–Crippen LogP) is 2.45. The van der Waals surface area contributed by atoms with Crippen molar-refractivity contribution >= 4 is 17.5 Å². The van der Waals surface area contributed by atoms with Gasteiger partial charge < -0.3 is 9.42 Å². The van der Waals surface area contributed by atoms with Gasteiger partial charge in [-0.15, -0.1) is 0 Å². The van der Waals surface area contributed by atoms with Gasteiger partial charge in [-0.1, -0.05) is 29.6 Å². The average molecular weight is 473 g/mol. The van der Waals surface area contributed by atoms with Crippen LogP contribution in [-0.4, -0.2) is 48.4 Å².